The minimum absolute atomic E-state index is 0.178. The molecule has 2 aromatic carbocycles. The molecule has 0 spiro atoms. The highest BCUT2D eigenvalue weighted by atomic mass is 16.2. The van der Waals surface area contributed by atoms with Gasteiger partial charge < -0.3 is 10.2 Å². The molecule has 1 saturated heterocycles. The van der Waals surface area contributed by atoms with Crippen molar-refractivity contribution in [1.29, 1.82) is 0 Å². The first kappa shape index (κ1) is 19.2. The largest absolute Gasteiger partial charge is 0.370 e. The second-order valence-corrected chi connectivity index (χ2v) is 7.77. The quantitative estimate of drug-likeness (QED) is 0.695. The summed E-state index contributed by atoms with van der Waals surface area (Å²) >= 11 is 0. The number of hydrogen-bond donors (Lipinski definition) is 1. The highest BCUT2D eigenvalue weighted by Gasteiger charge is 2.20. The molecule has 1 aromatic heterocycles. The summed E-state index contributed by atoms with van der Waals surface area (Å²) in [6.07, 6.45) is 2.37. The van der Waals surface area contributed by atoms with Crippen LogP contribution in [-0.2, 0) is 0 Å². The first-order chi connectivity index (χ1) is 14.0. The van der Waals surface area contributed by atoms with Gasteiger partial charge in [0.1, 0.15) is 5.82 Å². The molecule has 4 rings (SSSR count). The van der Waals surface area contributed by atoms with Gasteiger partial charge in [-0.05, 0) is 49.4 Å². The fraction of sp³-hybridized carbons (Fsp3) is 0.348. The molecule has 0 atom stereocenters. The number of hydrogen-bond acceptors (Lipinski definition) is 4. The van der Waals surface area contributed by atoms with Crippen LogP contribution in [0.2, 0.25) is 0 Å². The van der Waals surface area contributed by atoms with Gasteiger partial charge in [0.05, 0.1) is 17.1 Å². The Morgan fingerprint density at radius 2 is 1.66 bits per heavy atom. The van der Waals surface area contributed by atoms with Gasteiger partial charge in [0, 0.05) is 13.1 Å². The SMILES string of the molecule is Cc1nc(C(=O)Nc2ccccc2N2CCCC2)nn1-c1ccccc1C(C)C. The lowest BCUT2D eigenvalue weighted by molar-refractivity contribution is 0.101. The molecule has 3 aromatic rings. The monoisotopic (exact) mass is 389 g/mol. The Bertz CT molecular complexity index is 1020. The number of benzene rings is 2. The third-order valence-electron chi connectivity index (χ3n) is 5.36. The van der Waals surface area contributed by atoms with E-state index in [0.717, 1.165) is 30.2 Å². The Morgan fingerprint density at radius 1 is 1.00 bits per heavy atom. The fourth-order valence-corrected chi connectivity index (χ4v) is 3.87. The number of anilines is 2. The minimum atomic E-state index is -0.291. The van der Waals surface area contributed by atoms with Gasteiger partial charge in [0.2, 0.25) is 5.82 Å². The zero-order chi connectivity index (χ0) is 20.4. The predicted octanol–water partition coefficient (Wildman–Crippen LogP) is 4.55. The number of aryl methyl sites for hydroxylation is 1. The summed E-state index contributed by atoms with van der Waals surface area (Å²) in [7, 11) is 0. The van der Waals surface area contributed by atoms with E-state index >= 15 is 0 Å². The fourth-order valence-electron chi connectivity index (χ4n) is 3.87. The van der Waals surface area contributed by atoms with Crippen LogP contribution in [0.4, 0.5) is 11.4 Å². The maximum Gasteiger partial charge on any atom is 0.295 e. The van der Waals surface area contributed by atoms with Crippen LogP contribution in [0.3, 0.4) is 0 Å². The van der Waals surface area contributed by atoms with Gasteiger partial charge in [-0.3, -0.25) is 4.79 Å². The molecule has 29 heavy (non-hydrogen) atoms. The lowest BCUT2D eigenvalue weighted by Crippen LogP contribution is -2.21. The highest BCUT2D eigenvalue weighted by molar-refractivity contribution is 6.03. The second kappa shape index (κ2) is 8.07. The number of nitrogens with zero attached hydrogens (tertiary/aromatic N) is 4. The van der Waals surface area contributed by atoms with E-state index in [1.165, 1.54) is 18.4 Å². The van der Waals surface area contributed by atoms with Crippen LogP contribution < -0.4 is 10.2 Å². The molecule has 150 valence electrons. The molecule has 1 aliphatic rings. The predicted molar refractivity (Wildman–Crippen MR) is 116 cm³/mol. The number of para-hydroxylation sites is 3. The van der Waals surface area contributed by atoms with Crippen molar-refractivity contribution < 1.29 is 4.79 Å². The van der Waals surface area contributed by atoms with Gasteiger partial charge in [-0.2, -0.15) is 0 Å². The maximum absolute atomic E-state index is 12.9. The molecule has 2 heterocycles. The molecule has 6 nitrogen and oxygen atoms in total. The molecule has 0 radical (unpaired) electrons. The summed E-state index contributed by atoms with van der Waals surface area (Å²) < 4.78 is 1.76. The van der Waals surface area contributed by atoms with Crippen molar-refractivity contribution in [1.82, 2.24) is 14.8 Å². The van der Waals surface area contributed by atoms with Crippen LogP contribution in [0.15, 0.2) is 48.5 Å². The van der Waals surface area contributed by atoms with Gasteiger partial charge in [-0.1, -0.05) is 44.2 Å². The van der Waals surface area contributed by atoms with E-state index in [0.29, 0.717) is 11.7 Å². The van der Waals surface area contributed by atoms with E-state index in [4.69, 9.17) is 0 Å². The van der Waals surface area contributed by atoms with Crippen LogP contribution in [0.1, 0.15) is 54.6 Å². The Balaban J connectivity index is 1.62. The van der Waals surface area contributed by atoms with E-state index in [1.54, 1.807) is 4.68 Å². The Kier molecular flexibility index (Phi) is 5.34. The molecule has 1 fully saturated rings. The van der Waals surface area contributed by atoms with Crippen LogP contribution in [0.5, 0.6) is 0 Å². The topological polar surface area (TPSA) is 63.1 Å². The molecule has 1 amide bonds. The third-order valence-corrected chi connectivity index (χ3v) is 5.36. The molecule has 1 aliphatic heterocycles. The van der Waals surface area contributed by atoms with E-state index in [1.807, 2.05) is 43.3 Å². The summed E-state index contributed by atoms with van der Waals surface area (Å²) in [5, 5.41) is 7.54. The van der Waals surface area contributed by atoms with Crippen LogP contribution in [-0.4, -0.2) is 33.8 Å². The Hall–Kier alpha value is -3.15. The summed E-state index contributed by atoms with van der Waals surface area (Å²) in [6, 6.07) is 16.0. The smallest absolute Gasteiger partial charge is 0.295 e. The standard InChI is InChI=1S/C23H27N5O/c1-16(2)18-10-4-6-12-20(18)28-17(3)24-22(26-28)23(29)25-19-11-5-7-13-21(19)27-14-8-9-15-27/h4-7,10-13,16H,8-9,14-15H2,1-3H3,(H,25,29). The molecule has 6 heteroatoms. The number of nitrogens with one attached hydrogen (secondary N) is 1. The molecule has 0 aliphatic carbocycles. The van der Waals surface area contributed by atoms with Crippen molar-refractivity contribution in [3.63, 3.8) is 0 Å². The summed E-state index contributed by atoms with van der Waals surface area (Å²) in [5.74, 6) is 0.924. The van der Waals surface area contributed by atoms with Crippen LogP contribution >= 0.6 is 0 Å². The number of aromatic nitrogens is 3. The lowest BCUT2D eigenvalue weighted by atomic mass is 10.0. The first-order valence-corrected chi connectivity index (χ1v) is 10.2. The van der Waals surface area contributed by atoms with Gasteiger partial charge in [0.25, 0.3) is 5.91 Å². The van der Waals surface area contributed by atoms with Crippen LogP contribution in [0.25, 0.3) is 5.69 Å². The van der Waals surface area contributed by atoms with Gasteiger partial charge in [0.15, 0.2) is 0 Å². The van der Waals surface area contributed by atoms with Crippen molar-refractivity contribution in [2.45, 2.75) is 39.5 Å². The van der Waals surface area contributed by atoms with Crippen molar-refractivity contribution in [3.05, 3.63) is 65.7 Å². The first-order valence-electron chi connectivity index (χ1n) is 10.2. The van der Waals surface area contributed by atoms with E-state index in [9.17, 15) is 4.79 Å². The number of amides is 1. The van der Waals surface area contributed by atoms with Gasteiger partial charge in [-0.25, -0.2) is 9.67 Å². The van der Waals surface area contributed by atoms with Crippen molar-refractivity contribution >= 4 is 17.3 Å². The summed E-state index contributed by atoms with van der Waals surface area (Å²) in [5.41, 5.74) is 3.99. The van der Waals surface area contributed by atoms with E-state index < -0.39 is 0 Å². The Labute approximate surface area is 171 Å². The molecule has 0 bridgehead atoms. The zero-order valence-corrected chi connectivity index (χ0v) is 17.2. The lowest BCUT2D eigenvalue weighted by Gasteiger charge is -2.21. The minimum Gasteiger partial charge on any atom is -0.370 e. The number of rotatable bonds is 5. The molecular formula is C23H27N5O. The molecule has 1 N–H and O–H groups in total. The molecule has 0 unspecified atom stereocenters. The highest BCUT2D eigenvalue weighted by Crippen LogP contribution is 2.29. The number of carbonyl (C=O) groups is 1. The van der Waals surface area contributed by atoms with Crippen LogP contribution in [0, 0.1) is 6.92 Å². The van der Waals surface area contributed by atoms with E-state index in [2.05, 4.69) is 46.3 Å². The zero-order valence-electron chi connectivity index (χ0n) is 17.2. The number of carbonyl (C=O) groups excluding carboxylic acids is 1. The molecular weight excluding hydrogens is 362 g/mol. The maximum atomic E-state index is 12.9. The van der Waals surface area contributed by atoms with Crippen molar-refractivity contribution in [2.24, 2.45) is 0 Å². The van der Waals surface area contributed by atoms with Crippen molar-refractivity contribution in [2.75, 3.05) is 23.3 Å². The van der Waals surface area contributed by atoms with Gasteiger partial charge >= 0.3 is 0 Å². The normalized spacial score (nSPS) is 13.9. The third kappa shape index (κ3) is 3.88. The average Bonchev–Trinajstić information content (AvgIpc) is 3.38. The van der Waals surface area contributed by atoms with Crippen molar-refractivity contribution in [3.8, 4) is 5.69 Å². The second-order valence-electron chi connectivity index (χ2n) is 7.77. The summed E-state index contributed by atoms with van der Waals surface area (Å²) in [6.45, 7) is 8.21. The van der Waals surface area contributed by atoms with E-state index in [-0.39, 0.29) is 11.7 Å². The average molecular weight is 390 g/mol. The summed E-state index contributed by atoms with van der Waals surface area (Å²) in [4.78, 5) is 19.7. The Morgan fingerprint density at radius 3 is 2.38 bits per heavy atom. The molecule has 0 saturated carbocycles. The van der Waals surface area contributed by atoms with Gasteiger partial charge in [-0.15, -0.1) is 5.10 Å².